The molecule has 0 bridgehead atoms. The topological polar surface area (TPSA) is 34.0 Å². The molecule has 112 valence electrons. The van der Waals surface area contributed by atoms with E-state index in [2.05, 4.69) is 47.4 Å². The van der Waals surface area contributed by atoms with E-state index in [1.165, 1.54) is 16.5 Å². The van der Waals surface area contributed by atoms with Gasteiger partial charge in [-0.2, -0.15) is 0 Å². The molecule has 0 aliphatic heterocycles. The zero-order valence-corrected chi connectivity index (χ0v) is 13.4. The lowest BCUT2D eigenvalue weighted by Gasteiger charge is -2.21. The quantitative estimate of drug-likeness (QED) is 0.921. The summed E-state index contributed by atoms with van der Waals surface area (Å²) in [5, 5.41) is 4.47. The van der Waals surface area contributed by atoms with Crippen molar-refractivity contribution in [2.75, 3.05) is 6.54 Å². The second kappa shape index (κ2) is 4.62. The number of carbonyl (C=O) groups is 1. The van der Waals surface area contributed by atoms with Crippen molar-refractivity contribution in [3.63, 3.8) is 0 Å². The van der Waals surface area contributed by atoms with Crippen LogP contribution < -0.4 is 5.32 Å². The lowest BCUT2D eigenvalue weighted by Crippen LogP contribution is -2.39. The van der Waals surface area contributed by atoms with Gasteiger partial charge in [-0.05, 0) is 24.5 Å². The van der Waals surface area contributed by atoms with Crippen LogP contribution in [0.5, 0.6) is 0 Å². The first-order valence-corrected chi connectivity index (χ1v) is 7.66. The van der Waals surface area contributed by atoms with Crippen molar-refractivity contribution in [1.29, 1.82) is 0 Å². The number of hydrogen-bond donors (Lipinski definition) is 1. The Morgan fingerprint density at radius 3 is 2.57 bits per heavy atom. The highest BCUT2D eigenvalue weighted by Crippen LogP contribution is 2.50. The minimum Gasteiger partial charge on any atom is -0.355 e. The fourth-order valence-corrected chi connectivity index (χ4v) is 2.97. The van der Waals surface area contributed by atoms with Gasteiger partial charge in [-0.3, -0.25) is 4.79 Å². The van der Waals surface area contributed by atoms with Gasteiger partial charge >= 0.3 is 0 Å². The summed E-state index contributed by atoms with van der Waals surface area (Å²) in [4.78, 5) is 12.1. The molecule has 0 unspecified atom stereocenters. The Morgan fingerprint density at radius 1 is 1.29 bits per heavy atom. The second-order valence-corrected chi connectivity index (χ2v) is 7.38. The number of para-hydroxylation sites is 1. The molecule has 0 atom stereocenters. The van der Waals surface area contributed by atoms with Gasteiger partial charge in [0.25, 0.3) is 0 Å². The molecule has 3 heteroatoms. The predicted molar refractivity (Wildman–Crippen MR) is 86.3 cm³/mol. The van der Waals surface area contributed by atoms with Gasteiger partial charge in [-0.25, -0.2) is 0 Å². The number of hydrogen-bond acceptors (Lipinski definition) is 1. The van der Waals surface area contributed by atoms with E-state index in [1.807, 2.05) is 20.8 Å². The average molecular weight is 284 g/mol. The van der Waals surface area contributed by atoms with Crippen LogP contribution in [0.1, 0.15) is 39.2 Å². The molecular weight excluding hydrogens is 260 g/mol. The van der Waals surface area contributed by atoms with Crippen molar-refractivity contribution < 1.29 is 4.79 Å². The first-order valence-electron chi connectivity index (χ1n) is 7.66. The van der Waals surface area contributed by atoms with Gasteiger partial charge in [0.1, 0.15) is 0 Å². The second-order valence-electron chi connectivity index (χ2n) is 7.38. The van der Waals surface area contributed by atoms with Gasteiger partial charge in [0.2, 0.25) is 5.91 Å². The Kier molecular flexibility index (Phi) is 3.12. The van der Waals surface area contributed by atoms with E-state index in [0.29, 0.717) is 0 Å². The van der Waals surface area contributed by atoms with Crippen molar-refractivity contribution in [2.24, 2.45) is 12.5 Å². The Morgan fingerprint density at radius 2 is 1.95 bits per heavy atom. The molecule has 0 saturated heterocycles. The Balaban J connectivity index is 1.87. The lowest BCUT2D eigenvalue weighted by atomic mass is 9.92. The number of fused-ring (bicyclic) bond motifs is 1. The highest BCUT2D eigenvalue weighted by Gasteiger charge is 2.46. The van der Waals surface area contributed by atoms with Gasteiger partial charge in [-0.1, -0.05) is 39.0 Å². The highest BCUT2D eigenvalue weighted by atomic mass is 16.2. The predicted octanol–water partition coefficient (Wildman–Crippen LogP) is 3.37. The van der Waals surface area contributed by atoms with Crippen LogP contribution in [0.2, 0.25) is 0 Å². The number of nitrogens with zero attached hydrogens (tertiary/aromatic N) is 1. The van der Waals surface area contributed by atoms with Gasteiger partial charge in [0, 0.05) is 41.5 Å². The molecule has 1 heterocycles. The monoisotopic (exact) mass is 284 g/mol. The molecule has 0 spiro atoms. The minimum atomic E-state index is -0.325. The number of amides is 1. The standard InChI is InChI=1S/C18H24N2O/c1-17(2,3)16(21)19-12-18(9-10-18)14-11-20(4)15-8-6-5-7-13(14)15/h5-8,11H,9-10,12H2,1-4H3,(H,19,21). The largest absolute Gasteiger partial charge is 0.355 e. The molecule has 0 radical (unpaired) electrons. The van der Waals surface area contributed by atoms with E-state index in [4.69, 9.17) is 0 Å². The van der Waals surface area contributed by atoms with E-state index in [1.54, 1.807) is 0 Å². The van der Waals surface area contributed by atoms with Crippen LogP contribution in [0.3, 0.4) is 0 Å². The summed E-state index contributed by atoms with van der Waals surface area (Å²) in [5.74, 6) is 0.133. The molecule has 3 rings (SSSR count). The van der Waals surface area contributed by atoms with Crippen molar-refractivity contribution >= 4 is 16.8 Å². The fraction of sp³-hybridized carbons (Fsp3) is 0.500. The molecule has 1 fully saturated rings. The molecule has 1 aliphatic rings. The smallest absolute Gasteiger partial charge is 0.225 e. The summed E-state index contributed by atoms with van der Waals surface area (Å²) >= 11 is 0. The Labute approximate surface area is 126 Å². The van der Waals surface area contributed by atoms with Gasteiger partial charge in [0.05, 0.1) is 0 Å². The van der Waals surface area contributed by atoms with Crippen LogP contribution in [0.4, 0.5) is 0 Å². The summed E-state index contributed by atoms with van der Waals surface area (Å²) in [6.45, 7) is 6.62. The third-order valence-electron chi connectivity index (χ3n) is 4.59. The fourth-order valence-electron chi connectivity index (χ4n) is 2.97. The van der Waals surface area contributed by atoms with E-state index >= 15 is 0 Å². The molecule has 21 heavy (non-hydrogen) atoms. The summed E-state index contributed by atoms with van der Waals surface area (Å²) < 4.78 is 2.19. The van der Waals surface area contributed by atoms with E-state index in [9.17, 15) is 4.79 Å². The number of nitrogens with one attached hydrogen (secondary N) is 1. The number of carbonyl (C=O) groups excluding carboxylic acids is 1. The Hall–Kier alpha value is -1.77. The SMILES string of the molecule is Cn1cc(C2(CNC(=O)C(C)(C)C)CC2)c2ccccc21. The molecular formula is C18H24N2O. The van der Waals surface area contributed by atoms with Crippen LogP contribution >= 0.6 is 0 Å². The van der Waals surface area contributed by atoms with Crippen molar-refractivity contribution in [3.8, 4) is 0 Å². The maximum atomic E-state index is 12.1. The third kappa shape index (κ3) is 2.45. The zero-order chi connectivity index (χ0) is 15.3. The van der Waals surface area contributed by atoms with Crippen LogP contribution in [0, 0.1) is 5.41 Å². The van der Waals surface area contributed by atoms with Gasteiger partial charge in [-0.15, -0.1) is 0 Å². The molecule has 3 nitrogen and oxygen atoms in total. The summed E-state index contributed by atoms with van der Waals surface area (Å²) in [7, 11) is 2.09. The summed E-state index contributed by atoms with van der Waals surface area (Å²) in [5.41, 5.74) is 2.46. The molecule has 1 N–H and O–H groups in total. The molecule has 2 aromatic rings. The average Bonchev–Trinajstić information content (AvgIpc) is 3.15. The maximum Gasteiger partial charge on any atom is 0.225 e. The van der Waals surface area contributed by atoms with Crippen LogP contribution in [0.15, 0.2) is 30.5 Å². The van der Waals surface area contributed by atoms with E-state index < -0.39 is 0 Å². The first kappa shape index (κ1) is 14.2. The molecule has 1 aliphatic carbocycles. The third-order valence-corrected chi connectivity index (χ3v) is 4.59. The summed E-state index contributed by atoms with van der Waals surface area (Å²) in [6.07, 6.45) is 4.55. The summed E-state index contributed by atoms with van der Waals surface area (Å²) in [6, 6.07) is 8.52. The van der Waals surface area contributed by atoms with Crippen molar-refractivity contribution in [3.05, 3.63) is 36.0 Å². The van der Waals surface area contributed by atoms with Crippen molar-refractivity contribution in [1.82, 2.24) is 9.88 Å². The lowest BCUT2D eigenvalue weighted by molar-refractivity contribution is -0.128. The van der Waals surface area contributed by atoms with Crippen LogP contribution in [-0.4, -0.2) is 17.0 Å². The van der Waals surface area contributed by atoms with E-state index in [0.717, 1.165) is 19.4 Å². The first-order chi connectivity index (χ1) is 9.83. The van der Waals surface area contributed by atoms with Crippen molar-refractivity contribution in [2.45, 2.75) is 39.0 Å². The number of aryl methyl sites for hydroxylation is 1. The Bertz CT molecular complexity index is 687. The molecule has 1 aromatic carbocycles. The molecule has 1 saturated carbocycles. The number of benzene rings is 1. The normalized spacial score (nSPS) is 17.0. The van der Waals surface area contributed by atoms with Crippen LogP contribution in [0.25, 0.3) is 10.9 Å². The maximum absolute atomic E-state index is 12.1. The van der Waals surface area contributed by atoms with Gasteiger partial charge < -0.3 is 9.88 Å². The number of rotatable bonds is 3. The minimum absolute atomic E-state index is 0.133. The molecule has 1 amide bonds. The highest BCUT2D eigenvalue weighted by molar-refractivity contribution is 5.86. The number of aromatic nitrogens is 1. The van der Waals surface area contributed by atoms with Crippen LogP contribution in [-0.2, 0) is 17.3 Å². The molecule has 1 aromatic heterocycles. The van der Waals surface area contributed by atoms with E-state index in [-0.39, 0.29) is 16.7 Å². The zero-order valence-electron chi connectivity index (χ0n) is 13.4. The van der Waals surface area contributed by atoms with Gasteiger partial charge in [0.15, 0.2) is 0 Å².